The zero-order chi connectivity index (χ0) is 13.4. The Morgan fingerprint density at radius 1 is 1.44 bits per heavy atom. The molecule has 1 aromatic rings. The SMILES string of the molecule is C=C(Br)COc1c(C)cccc1CNCCOC. The van der Waals surface area contributed by atoms with Gasteiger partial charge in [0.1, 0.15) is 12.4 Å². The standard InChI is InChI=1S/C14H20BrNO2/c1-11-5-4-6-13(9-16-7-8-17-3)14(11)18-10-12(2)15/h4-6,16H,2,7-10H2,1,3H3. The predicted molar refractivity (Wildman–Crippen MR) is 78.3 cm³/mol. The van der Waals surface area contributed by atoms with E-state index >= 15 is 0 Å². The van der Waals surface area contributed by atoms with Gasteiger partial charge in [0.05, 0.1) is 6.61 Å². The van der Waals surface area contributed by atoms with E-state index in [1.807, 2.05) is 19.1 Å². The molecule has 0 saturated carbocycles. The Morgan fingerprint density at radius 3 is 2.89 bits per heavy atom. The van der Waals surface area contributed by atoms with Gasteiger partial charge in [0.2, 0.25) is 0 Å². The Bertz CT molecular complexity index is 393. The fraction of sp³-hybridized carbons (Fsp3) is 0.429. The Hall–Kier alpha value is -0.840. The minimum atomic E-state index is 0.482. The largest absolute Gasteiger partial charge is 0.488 e. The first-order chi connectivity index (χ1) is 8.65. The summed E-state index contributed by atoms with van der Waals surface area (Å²) in [6.07, 6.45) is 0. The van der Waals surface area contributed by atoms with Crippen LogP contribution in [0.25, 0.3) is 0 Å². The van der Waals surface area contributed by atoms with E-state index in [4.69, 9.17) is 9.47 Å². The van der Waals surface area contributed by atoms with Gasteiger partial charge in [-0.2, -0.15) is 0 Å². The summed E-state index contributed by atoms with van der Waals surface area (Å²) in [5.74, 6) is 0.933. The lowest BCUT2D eigenvalue weighted by Crippen LogP contribution is -2.19. The van der Waals surface area contributed by atoms with E-state index in [0.717, 1.165) is 34.4 Å². The van der Waals surface area contributed by atoms with Crippen LogP contribution in [0.1, 0.15) is 11.1 Å². The highest BCUT2D eigenvalue weighted by molar-refractivity contribution is 9.11. The lowest BCUT2D eigenvalue weighted by atomic mass is 10.1. The van der Waals surface area contributed by atoms with Crippen molar-refractivity contribution in [2.45, 2.75) is 13.5 Å². The van der Waals surface area contributed by atoms with Gasteiger partial charge in [0.25, 0.3) is 0 Å². The van der Waals surface area contributed by atoms with Crippen LogP contribution in [-0.4, -0.2) is 26.9 Å². The molecule has 0 spiro atoms. The van der Waals surface area contributed by atoms with E-state index in [1.54, 1.807) is 7.11 Å². The molecule has 1 aromatic carbocycles. The van der Waals surface area contributed by atoms with E-state index in [2.05, 4.69) is 33.9 Å². The molecule has 0 fully saturated rings. The summed E-state index contributed by atoms with van der Waals surface area (Å²) >= 11 is 3.30. The summed E-state index contributed by atoms with van der Waals surface area (Å²) < 4.78 is 11.6. The molecule has 0 unspecified atom stereocenters. The van der Waals surface area contributed by atoms with Crippen LogP contribution in [0, 0.1) is 6.92 Å². The number of ether oxygens (including phenoxy) is 2. The van der Waals surface area contributed by atoms with E-state index < -0.39 is 0 Å². The molecule has 0 aliphatic carbocycles. The van der Waals surface area contributed by atoms with Crippen molar-refractivity contribution < 1.29 is 9.47 Å². The number of hydrogen-bond donors (Lipinski definition) is 1. The summed E-state index contributed by atoms with van der Waals surface area (Å²) in [5.41, 5.74) is 2.29. The van der Waals surface area contributed by atoms with Crippen LogP contribution in [0.15, 0.2) is 29.3 Å². The quantitative estimate of drug-likeness (QED) is 0.748. The van der Waals surface area contributed by atoms with Crippen LogP contribution in [0.3, 0.4) is 0 Å². The number of methoxy groups -OCH3 is 1. The van der Waals surface area contributed by atoms with Gasteiger partial charge >= 0.3 is 0 Å². The van der Waals surface area contributed by atoms with Gasteiger partial charge in [0.15, 0.2) is 0 Å². The Kier molecular flexibility index (Phi) is 7.01. The molecule has 0 atom stereocenters. The fourth-order valence-electron chi connectivity index (χ4n) is 1.61. The van der Waals surface area contributed by atoms with Crippen LogP contribution in [0.5, 0.6) is 5.75 Å². The maximum atomic E-state index is 5.77. The minimum absolute atomic E-state index is 0.482. The van der Waals surface area contributed by atoms with Crippen LogP contribution >= 0.6 is 15.9 Å². The van der Waals surface area contributed by atoms with Gasteiger partial charge in [-0.15, -0.1) is 0 Å². The third kappa shape index (κ3) is 5.21. The minimum Gasteiger partial charge on any atom is -0.488 e. The summed E-state index contributed by atoms with van der Waals surface area (Å²) in [7, 11) is 1.70. The van der Waals surface area contributed by atoms with Crippen molar-refractivity contribution in [1.82, 2.24) is 5.32 Å². The monoisotopic (exact) mass is 313 g/mol. The van der Waals surface area contributed by atoms with E-state index in [9.17, 15) is 0 Å². The molecule has 0 aliphatic rings. The molecular formula is C14H20BrNO2. The van der Waals surface area contributed by atoms with Crippen LogP contribution in [-0.2, 0) is 11.3 Å². The van der Waals surface area contributed by atoms with E-state index in [-0.39, 0.29) is 0 Å². The average Bonchev–Trinajstić information content (AvgIpc) is 2.33. The molecule has 100 valence electrons. The highest BCUT2D eigenvalue weighted by Gasteiger charge is 2.06. The van der Waals surface area contributed by atoms with Crippen molar-refractivity contribution in [3.63, 3.8) is 0 Å². The third-order valence-corrected chi connectivity index (χ3v) is 2.69. The Labute approximate surface area is 117 Å². The van der Waals surface area contributed by atoms with Gasteiger partial charge in [-0.1, -0.05) is 40.7 Å². The molecule has 18 heavy (non-hydrogen) atoms. The van der Waals surface area contributed by atoms with Gasteiger partial charge in [-0.25, -0.2) is 0 Å². The molecule has 0 aromatic heterocycles. The molecule has 1 N–H and O–H groups in total. The van der Waals surface area contributed by atoms with Crippen molar-refractivity contribution in [2.75, 3.05) is 26.9 Å². The maximum Gasteiger partial charge on any atom is 0.127 e. The topological polar surface area (TPSA) is 30.5 Å². The molecule has 0 amide bonds. The molecule has 0 aliphatic heterocycles. The van der Waals surface area contributed by atoms with Crippen molar-refractivity contribution in [2.24, 2.45) is 0 Å². The van der Waals surface area contributed by atoms with Crippen molar-refractivity contribution in [3.05, 3.63) is 40.4 Å². The number of rotatable bonds is 8. The second-order valence-electron chi connectivity index (χ2n) is 4.04. The maximum absolute atomic E-state index is 5.77. The molecule has 0 radical (unpaired) electrons. The van der Waals surface area contributed by atoms with Crippen LogP contribution in [0.4, 0.5) is 0 Å². The number of para-hydroxylation sites is 1. The molecular weight excluding hydrogens is 294 g/mol. The average molecular weight is 314 g/mol. The van der Waals surface area contributed by atoms with E-state index in [1.165, 1.54) is 0 Å². The number of hydrogen-bond acceptors (Lipinski definition) is 3. The Morgan fingerprint density at radius 2 is 2.22 bits per heavy atom. The first kappa shape index (κ1) is 15.2. The summed E-state index contributed by atoms with van der Waals surface area (Å²) in [4.78, 5) is 0. The molecule has 0 heterocycles. The highest BCUT2D eigenvalue weighted by atomic mass is 79.9. The van der Waals surface area contributed by atoms with Crippen LogP contribution in [0.2, 0.25) is 0 Å². The highest BCUT2D eigenvalue weighted by Crippen LogP contribution is 2.24. The second-order valence-corrected chi connectivity index (χ2v) is 5.16. The molecule has 3 nitrogen and oxygen atoms in total. The molecule has 0 bridgehead atoms. The van der Waals surface area contributed by atoms with Gasteiger partial charge < -0.3 is 14.8 Å². The summed E-state index contributed by atoms with van der Waals surface area (Å²) in [6.45, 7) is 8.61. The number of aryl methyl sites for hydroxylation is 1. The van der Waals surface area contributed by atoms with Crippen molar-refractivity contribution in [3.8, 4) is 5.75 Å². The fourth-order valence-corrected chi connectivity index (χ4v) is 1.72. The van der Waals surface area contributed by atoms with Crippen molar-refractivity contribution >= 4 is 15.9 Å². The zero-order valence-electron chi connectivity index (χ0n) is 11.0. The first-order valence-corrected chi connectivity index (χ1v) is 6.68. The zero-order valence-corrected chi connectivity index (χ0v) is 12.5. The lowest BCUT2D eigenvalue weighted by molar-refractivity contribution is 0.199. The van der Waals surface area contributed by atoms with Gasteiger partial charge in [0, 0.05) is 30.2 Å². The van der Waals surface area contributed by atoms with Crippen LogP contribution < -0.4 is 10.1 Å². The molecule has 1 rings (SSSR count). The van der Waals surface area contributed by atoms with Crippen molar-refractivity contribution in [1.29, 1.82) is 0 Å². The molecule has 0 saturated heterocycles. The number of halogens is 1. The Balaban J connectivity index is 2.64. The first-order valence-electron chi connectivity index (χ1n) is 5.89. The summed E-state index contributed by atoms with van der Waals surface area (Å²) in [5, 5.41) is 3.32. The number of nitrogens with one attached hydrogen (secondary N) is 1. The predicted octanol–water partition coefficient (Wildman–Crippen LogP) is 3.02. The molecule has 4 heteroatoms. The number of benzene rings is 1. The van der Waals surface area contributed by atoms with Gasteiger partial charge in [-0.05, 0) is 12.5 Å². The smallest absolute Gasteiger partial charge is 0.127 e. The second kappa shape index (κ2) is 8.29. The lowest BCUT2D eigenvalue weighted by Gasteiger charge is -2.14. The normalized spacial score (nSPS) is 10.4. The van der Waals surface area contributed by atoms with E-state index in [0.29, 0.717) is 13.2 Å². The van der Waals surface area contributed by atoms with Gasteiger partial charge in [-0.3, -0.25) is 0 Å². The summed E-state index contributed by atoms with van der Waals surface area (Å²) in [6, 6.07) is 6.16. The third-order valence-electron chi connectivity index (χ3n) is 2.46.